The predicted octanol–water partition coefficient (Wildman–Crippen LogP) is 3.64. The van der Waals surface area contributed by atoms with E-state index < -0.39 is 0 Å². The highest BCUT2D eigenvalue weighted by molar-refractivity contribution is 6.00. The van der Waals surface area contributed by atoms with Crippen LogP contribution in [0.1, 0.15) is 51.5 Å². The Labute approximate surface area is 222 Å². The van der Waals surface area contributed by atoms with E-state index in [0.717, 1.165) is 92.6 Å². The average Bonchev–Trinajstić information content (AvgIpc) is 3.62. The van der Waals surface area contributed by atoms with Gasteiger partial charge in [-0.3, -0.25) is 9.69 Å². The zero-order valence-corrected chi connectivity index (χ0v) is 22.0. The van der Waals surface area contributed by atoms with Crippen LogP contribution in [0.5, 0.6) is 5.75 Å². The number of amides is 1. The van der Waals surface area contributed by atoms with Crippen LogP contribution in [-0.2, 0) is 9.53 Å². The Morgan fingerprint density at radius 3 is 2.63 bits per heavy atom. The van der Waals surface area contributed by atoms with Gasteiger partial charge in [0.15, 0.2) is 0 Å². The Morgan fingerprint density at radius 1 is 1.13 bits per heavy atom. The lowest BCUT2D eigenvalue weighted by molar-refractivity contribution is -0.131. The van der Waals surface area contributed by atoms with Crippen molar-refractivity contribution in [2.24, 2.45) is 0 Å². The van der Waals surface area contributed by atoms with Gasteiger partial charge in [0.2, 0.25) is 5.91 Å². The third-order valence-corrected chi connectivity index (χ3v) is 9.30. The molecule has 1 saturated carbocycles. The maximum atomic E-state index is 11.7. The van der Waals surface area contributed by atoms with Gasteiger partial charge in [0.1, 0.15) is 35.7 Å². The van der Waals surface area contributed by atoms with Crippen LogP contribution < -0.4 is 10.5 Å². The number of carbonyl (C=O) groups is 1. The summed E-state index contributed by atoms with van der Waals surface area (Å²) in [6.45, 7) is 5.80. The van der Waals surface area contributed by atoms with Gasteiger partial charge in [-0.25, -0.2) is 9.97 Å². The van der Waals surface area contributed by atoms with Crippen molar-refractivity contribution in [2.75, 3.05) is 38.5 Å². The van der Waals surface area contributed by atoms with Gasteiger partial charge in [-0.15, -0.1) is 0 Å². The topological polar surface area (TPSA) is 98.7 Å². The van der Waals surface area contributed by atoms with E-state index >= 15 is 0 Å². The smallest absolute Gasteiger partial charge is 0.219 e. The fourth-order valence-electron chi connectivity index (χ4n) is 6.95. The molecule has 3 aliphatic heterocycles. The third-order valence-electron chi connectivity index (χ3n) is 9.30. The van der Waals surface area contributed by atoms with Gasteiger partial charge in [-0.2, -0.15) is 0 Å². The van der Waals surface area contributed by atoms with Crippen LogP contribution in [0.3, 0.4) is 0 Å². The Hall–Kier alpha value is -3.17. The predicted molar refractivity (Wildman–Crippen MR) is 145 cm³/mol. The zero-order valence-electron chi connectivity index (χ0n) is 22.0. The summed E-state index contributed by atoms with van der Waals surface area (Å²) >= 11 is 0. The van der Waals surface area contributed by atoms with Crippen LogP contribution in [0, 0.1) is 0 Å². The first kappa shape index (κ1) is 23.9. The van der Waals surface area contributed by atoms with E-state index in [2.05, 4.69) is 37.8 Å². The Kier molecular flexibility index (Phi) is 5.81. The molecule has 0 unspecified atom stereocenters. The molecule has 5 heterocycles. The van der Waals surface area contributed by atoms with E-state index in [0.29, 0.717) is 30.6 Å². The summed E-state index contributed by atoms with van der Waals surface area (Å²) in [5, 5.41) is 0.902. The van der Waals surface area contributed by atoms with Crippen LogP contribution in [0.4, 0.5) is 5.82 Å². The number of fused-ring (bicyclic) bond motifs is 3. The van der Waals surface area contributed by atoms with Crippen LogP contribution in [0.2, 0.25) is 0 Å². The van der Waals surface area contributed by atoms with Gasteiger partial charge < -0.3 is 24.7 Å². The molecule has 9 nitrogen and oxygen atoms in total. The molecule has 1 amide bonds. The Bertz CT molecular complexity index is 1350. The molecular formula is C29H36N6O3. The normalized spacial score (nSPS) is 29.1. The molecule has 2 bridgehead atoms. The lowest BCUT2D eigenvalue weighted by Crippen LogP contribution is -2.54. The van der Waals surface area contributed by atoms with Crippen LogP contribution in [0.15, 0.2) is 36.8 Å². The van der Waals surface area contributed by atoms with Gasteiger partial charge in [0, 0.05) is 56.9 Å². The van der Waals surface area contributed by atoms with Gasteiger partial charge >= 0.3 is 0 Å². The number of rotatable bonds is 6. The second-order valence-corrected chi connectivity index (χ2v) is 11.5. The van der Waals surface area contributed by atoms with Gasteiger partial charge in [-0.05, 0) is 56.2 Å². The quantitative estimate of drug-likeness (QED) is 0.534. The Balaban J connectivity index is 1.10. The third kappa shape index (κ3) is 4.12. The number of nitrogens with two attached hydrogens (primary N) is 1. The van der Waals surface area contributed by atoms with E-state index in [1.54, 1.807) is 13.3 Å². The number of piperazine rings is 1. The van der Waals surface area contributed by atoms with Crippen molar-refractivity contribution < 1.29 is 14.3 Å². The number of anilines is 1. The molecule has 2 N–H and O–H groups in total. The van der Waals surface area contributed by atoms with Crippen molar-refractivity contribution >= 4 is 22.8 Å². The first-order chi connectivity index (χ1) is 18.5. The summed E-state index contributed by atoms with van der Waals surface area (Å²) in [6.07, 6.45) is 10.8. The molecular weight excluding hydrogens is 480 g/mol. The van der Waals surface area contributed by atoms with Crippen molar-refractivity contribution in [1.82, 2.24) is 24.3 Å². The van der Waals surface area contributed by atoms with Gasteiger partial charge in [-0.1, -0.05) is 12.1 Å². The zero-order chi connectivity index (χ0) is 25.9. The minimum absolute atomic E-state index is 0.103. The molecule has 38 heavy (non-hydrogen) atoms. The molecule has 1 aromatic carbocycles. The molecule has 1 aliphatic carbocycles. The molecule has 3 saturated heterocycles. The standard InChI is InChI=1S/C29H36N6O3/c1-19(36)33-9-11-34(12-10-33)21-14-22(15-21)35-16-25(26-27(30)31-18-32-28(26)35)20-3-2-4-24(13-20)37-17-29-7-5-23(38-29)6-8-29/h2-4,13,16,18,21-23H,5-12,14-15,17H2,1H3,(H2,30,31,32)/t21-,22-,23?,29?. The minimum Gasteiger partial charge on any atom is -0.491 e. The number of benzene rings is 1. The summed E-state index contributed by atoms with van der Waals surface area (Å²) < 4.78 is 14.8. The van der Waals surface area contributed by atoms with E-state index in [4.69, 9.17) is 15.2 Å². The van der Waals surface area contributed by atoms with E-state index in [-0.39, 0.29) is 11.5 Å². The lowest BCUT2D eigenvalue weighted by Gasteiger charge is -2.46. The molecule has 0 atom stereocenters. The molecule has 9 heteroatoms. The lowest BCUT2D eigenvalue weighted by atomic mass is 9.85. The number of ether oxygens (including phenoxy) is 2. The number of nitrogens with zero attached hydrogens (tertiary/aromatic N) is 5. The second kappa shape index (κ2) is 9.24. The molecule has 0 spiro atoms. The summed E-state index contributed by atoms with van der Waals surface area (Å²) in [4.78, 5) is 25.1. The molecule has 3 aromatic rings. The maximum absolute atomic E-state index is 11.7. The largest absolute Gasteiger partial charge is 0.491 e. The highest BCUT2D eigenvalue weighted by Crippen LogP contribution is 2.45. The molecule has 4 aliphatic rings. The van der Waals surface area contributed by atoms with Crippen LogP contribution in [0.25, 0.3) is 22.2 Å². The maximum Gasteiger partial charge on any atom is 0.219 e. The van der Waals surface area contributed by atoms with Crippen LogP contribution >= 0.6 is 0 Å². The first-order valence-electron chi connectivity index (χ1n) is 14.0. The summed E-state index contributed by atoms with van der Waals surface area (Å²) in [6, 6.07) is 9.17. The van der Waals surface area contributed by atoms with Crippen molar-refractivity contribution in [3.63, 3.8) is 0 Å². The summed E-state index contributed by atoms with van der Waals surface area (Å²) in [5.41, 5.74) is 9.29. The summed E-state index contributed by atoms with van der Waals surface area (Å²) in [5.74, 6) is 1.52. The number of hydrogen-bond acceptors (Lipinski definition) is 7. The number of aromatic nitrogens is 3. The summed E-state index contributed by atoms with van der Waals surface area (Å²) in [7, 11) is 0. The average molecular weight is 517 g/mol. The molecule has 2 aromatic heterocycles. The highest BCUT2D eigenvalue weighted by Gasteiger charge is 2.46. The van der Waals surface area contributed by atoms with Gasteiger partial charge in [0.25, 0.3) is 0 Å². The fourth-order valence-corrected chi connectivity index (χ4v) is 6.95. The minimum atomic E-state index is -0.103. The molecule has 4 fully saturated rings. The van der Waals surface area contributed by atoms with Crippen molar-refractivity contribution in [3.05, 3.63) is 36.8 Å². The molecule has 7 rings (SSSR count). The van der Waals surface area contributed by atoms with E-state index in [1.807, 2.05) is 17.0 Å². The van der Waals surface area contributed by atoms with Gasteiger partial charge in [0.05, 0.1) is 11.5 Å². The second-order valence-electron chi connectivity index (χ2n) is 11.5. The van der Waals surface area contributed by atoms with Crippen molar-refractivity contribution in [2.45, 2.75) is 69.2 Å². The van der Waals surface area contributed by atoms with E-state index in [1.165, 1.54) is 0 Å². The van der Waals surface area contributed by atoms with Crippen molar-refractivity contribution in [1.29, 1.82) is 0 Å². The number of hydrogen-bond donors (Lipinski definition) is 1. The SMILES string of the molecule is CC(=O)N1CCN([C@H]2C[C@H](n3cc(-c4cccc(OCC56CCC(CC5)O6)c4)c4c(N)ncnc43)C2)CC1. The monoisotopic (exact) mass is 516 g/mol. The first-order valence-corrected chi connectivity index (χ1v) is 14.0. The number of carbonyl (C=O) groups excluding carboxylic acids is 1. The Morgan fingerprint density at radius 2 is 1.92 bits per heavy atom. The van der Waals surface area contributed by atoms with E-state index in [9.17, 15) is 4.79 Å². The van der Waals surface area contributed by atoms with Crippen LogP contribution in [-0.4, -0.2) is 80.8 Å². The number of nitrogen functional groups attached to an aromatic ring is 1. The molecule has 0 radical (unpaired) electrons. The fraction of sp³-hybridized carbons (Fsp3) is 0.552. The highest BCUT2D eigenvalue weighted by atomic mass is 16.6. The molecule has 200 valence electrons. The van der Waals surface area contributed by atoms with Crippen molar-refractivity contribution in [3.8, 4) is 16.9 Å².